The number of fused-ring (bicyclic) bond motifs is 1. The number of hydrogen-bond donors (Lipinski definition) is 1. The van der Waals surface area contributed by atoms with Gasteiger partial charge in [-0.15, -0.1) is 11.3 Å². The summed E-state index contributed by atoms with van der Waals surface area (Å²) >= 11 is 1.54. The number of rotatable bonds is 5. The Morgan fingerprint density at radius 1 is 1.58 bits per heavy atom. The van der Waals surface area contributed by atoms with Gasteiger partial charge in [0.05, 0.1) is 6.61 Å². The molecule has 0 aromatic carbocycles. The van der Waals surface area contributed by atoms with Crippen molar-refractivity contribution >= 4 is 23.1 Å². The van der Waals surface area contributed by atoms with Crippen LogP contribution >= 0.6 is 11.3 Å². The van der Waals surface area contributed by atoms with E-state index in [1.165, 1.54) is 4.88 Å². The number of anilines is 1. The van der Waals surface area contributed by atoms with Crippen molar-refractivity contribution in [3.05, 3.63) is 9.88 Å². The molecule has 1 aromatic heterocycles. The van der Waals surface area contributed by atoms with E-state index in [-0.39, 0.29) is 5.91 Å². The van der Waals surface area contributed by atoms with Crippen LogP contribution in [0.5, 0.6) is 0 Å². The summed E-state index contributed by atoms with van der Waals surface area (Å²) in [7, 11) is 1.71. The summed E-state index contributed by atoms with van der Waals surface area (Å²) in [6.45, 7) is 2.54. The maximum atomic E-state index is 12.0. The summed E-state index contributed by atoms with van der Waals surface area (Å²) in [6, 6.07) is 0.387. The summed E-state index contributed by atoms with van der Waals surface area (Å²) in [5, 5.41) is 3.62. The zero-order chi connectivity index (χ0) is 13.2. The quantitative estimate of drug-likeness (QED) is 0.887. The van der Waals surface area contributed by atoms with Crippen molar-refractivity contribution in [2.75, 3.05) is 31.7 Å². The predicted octanol–water partition coefficient (Wildman–Crippen LogP) is 1.43. The lowest BCUT2D eigenvalue weighted by Crippen LogP contribution is -2.32. The van der Waals surface area contributed by atoms with E-state index in [0.29, 0.717) is 17.7 Å². The highest BCUT2D eigenvalue weighted by atomic mass is 32.1. The lowest BCUT2D eigenvalue weighted by atomic mass is 10.2. The second kappa shape index (κ2) is 5.46. The Bertz CT molecular complexity index is 470. The normalized spacial score (nSPS) is 18.3. The highest BCUT2D eigenvalue weighted by Gasteiger charge is 2.28. The highest BCUT2D eigenvalue weighted by molar-refractivity contribution is 7.14. The third-order valence-corrected chi connectivity index (χ3v) is 4.58. The first-order chi connectivity index (χ1) is 9.28. The molecule has 1 N–H and O–H groups in total. The van der Waals surface area contributed by atoms with Crippen LogP contribution in [0.25, 0.3) is 0 Å². The van der Waals surface area contributed by atoms with Gasteiger partial charge in [-0.25, -0.2) is 4.98 Å². The molecule has 104 valence electrons. The van der Waals surface area contributed by atoms with E-state index in [9.17, 15) is 4.79 Å². The molecular weight excluding hydrogens is 262 g/mol. The molecule has 3 rings (SSSR count). The molecule has 1 saturated carbocycles. The Morgan fingerprint density at radius 2 is 2.42 bits per heavy atom. The molecular formula is C13H19N3O2S. The van der Waals surface area contributed by atoms with E-state index in [1.54, 1.807) is 18.4 Å². The number of ether oxygens (including phenoxy) is 1. The van der Waals surface area contributed by atoms with Crippen molar-refractivity contribution in [3.63, 3.8) is 0 Å². The van der Waals surface area contributed by atoms with Crippen LogP contribution in [0, 0.1) is 0 Å². The van der Waals surface area contributed by atoms with Crippen molar-refractivity contribution in [2.24, 2.45) is 0 Å². The van der Waals surface area contributed by atoms with Crippen LogP contribution in [0.15, 0.2) is 0 Å². The highest BCUT2D eigenvalue weighted by Crippen LogP contribution is 2.32. The topological polar surface area (TPSA) is 54.5 Å². The van der Waals surface area contributed by atoms with E-state index in [4.69, 9.17) is 4.74 Å². The number of carbonyl (C=O) groups is 1. The fourth-order valence-electron chi connectivity index (χ4n) is 2.28. The number of nitrogens with one attached hydrogen (secondary N) is 1. The maximum Gasteiger partial charge on any atom is 0.280 e. The third-order valence-electron chi connectivity index (χ3n) is 3.48. The fourth-order valence-corrected chi connectivity index (χ4v) is 3.31. The number of thiazole rings is 1. The molecule has 1 fully saturated rings. The molecule has 0 spiro atoms. The van der Waals surface area contributed by atoms with Crippen LogP contribution in [-0.2, 0) is 11.2 Å². The lowest BCUT2D eigenvalue weighted by molar-refractivity contribution is 0.0950. The second-order valence-corrected chi connectivity index (χ2v) is 6.18. The van der Waals surface area contributed by atoms with Gasteiger partial charge in [-0.2, -0.15) is 0 Å². The Morgan fingerprint density at radius 3 is 3.16 bits per heavy atom. The number of carbonyl (C=O) groups excluding carboxylic acids is 1. The molecule has 1 aromatic rings. The fraction of sp³-hybridized carbons (Fsp3) is 0.692. The van der Waals surface area contributed by atoms with Gasteiger partial charge in [0.25, 0.3) is 5.91 Å². The van der Waals surface area contributed by atoms with Gasteiger partial charge >= 0.3 is 0 Å². The number of methoxy groups -OCH3 is 1. The van der Waals surface area contributed by atoms with Crippen LogP contribution in [0.1, 0.15) is 33.9 Å². The first-order valence-corrected chi connectivity index (χ1v) is 7.64. The van der Waals surface area contributed by atoms with E-state index in [0.717, 1.165) is 44.6 Å². The molecule has 0 saturated heterocycles. The zero-order valence-electron chi connectivity index (χ0n) is 11.1. The van der Waals surface area contributed by atoms with Crippen molar-refractivity contribution < 1.29 is 9.53 Å². The molecule has 0 radical (unpaired) electrons. The van der Waals surface area contributed by atoms with Gasteiger partial charge in [0.2, 0.25) is 0 Å². The van der Waals surface area contributed by atoms with E-state index in [1.807, 2.05) is 0 Å². The summed E-state index contributed by atoms with van der Waals surface area (Å²) in [5.41, 5.74) is 0. The molecule has 1 amide bonds. The lowest BCUT2D eigenvalue weighted by Gasteiger charge is -2.26. The van der Waals surface area contributed by atoms with Crippen LogP contribution < -0.4 is 10.2 Å². The number of hydrogen-bond acceptors (Lipinski definition) is 5. The summed E-state index contributed by atoms with van der Waals surface area (Å²) in [6.07, 6.45) is 4.38. The minimum absolute atomic E-state index is 0.00593. The van der Waals surface area contributed by atoms with Crippen LogP contribution in [-0.4, -0.2) is 43.7 Å². The van der Waals surface area contributed by atoms with Gasteiger partial charge in [-0.1, -0.05) is 0 Å². The number of aromatic nitrogens is 1. The van der Waals surface area contributed by atoms with Crippen LogP contribution in [0.2, 0.25) is 0 Å². The average molecular weight is 281 g/mol. The van der Waals surface area contributed by atoms with E-state index >= 15 is 0 Å². The minimum atomic E-state index is -0.00593. The third kappa shape index (κ3) is 2.90. The van der Waals surface area contributed by atoms with Gasteiger partial charge in [0.15, 0.2) is 5.01 Å². The SMILES string of the molecule is COCCN1CCCc2sc(C(=O)NC3CC3)nc21. The maximum absolute atomic E-state index is 12.0. The number of amides is 1. The summed E-state index contributed by atoms with van der Waals surface area (Å²) in [5.74, 6) is 0.989. The summed E-state index contributed by atoms with van der Waals surface area (Å²) in [4.78, 5) is 20.0. The first-order valence-electron chi connectivity index (χ1n) is 6.82. The zero-order valence-corrected chi connectivity index (χ0v) is 12.0. The molecule has 2 aliphatic rings. The van der Waals surface area contributed by atoms with Gasteiger partial charge in [0, 0.05) is 31.1 Å². The summed E-state index contributed by atoms with van der Waals surface area (Å²) < 4.78 is 5.13. The predicted molar refractivity (Wildman–Crippen MR) is 75.0 cm³/mol. The molecule has 5 nitrogen and oxygen atoms in total. The standard InChI is InChI=1S/C13H19N3O2S/c1-18-8-7-16-6-2-3-10-11(16)15-13(19-10)12(17)14-9-4-5-9/h9H,2-8H2,1H3,(H,14,17). The van der Waals surface area contributed by atoms with Crippen LogP contribution in [0.4, 0.5) is 5.82 Å². The molecule has 6 heteroatoms. The average Bonchev–Trinajstić information content (AvgIpc) is 3.11. The van der Waals surface area contributed by atoms with Crippen molar-refractivity contribution in [1.29, 1.82) is 0 Å². The molecule has 1 aliphatic carbocycles. The Labute approximate surface area is 117 Å². The molecule has 0 bridgehead atoms. The smallest absolute Gasteiger partial charge is 0.280 e. The number of aryl methyl sites for hydroxylation is 1. The minimum Gasteiger partial charge on any atom is -0.383 e. The first kappa shape index (κ1) is 12.9. The Kier molecular flexibility index (Phi) is 3.70. The van der Waals surface area contributed by atoms with Crippen LogP contribution in [0.3, 0.4) is 0 Å². The van der Waals surface area contributed by atoms with E-state index < -0.39 is 0 Å². The number of nitrogens with zero attached hydrogens (tertiary/aromatic N) is 2. The monoisotopic (exact) mass is 281 g/mol. The van der Waals surface area contributed by atoms with E-state index in [2.05, 4.69) is 15.2 Å². The van der Waals surface area contributed by atoms with Crippen molar-refractivity contribution in [1.82, 2.24) is 10.3 Å². The second-order valence-electron chi connectivity index (χ2n) is 5.10. The van der Waals surface area contributed by atoms with Gasteiger partial charge < -0.3 is 15.0 Å². The molecule has 19 heavy (non-hydrogen) atoms. The van der Waals surface area contributed by atoms with Gasteiger partial charge in [0.1, 0.15) is 5.82 Å². The Balaban J connectivity index is 1.74. The van der Waals surface area contributed by atoms with Gasteiger partial charge in [-0.05, 0) is 25.7 Å². The largest absolute Gasteiger partial charge is 0.383 e. The Hall–Kier alpha value is -1.14. The van der Waals surface area contributed by atoms with Crippen molar-refractivity contribution in [2.45, 2.75) is 31.7 Å². The van der Waals surface area contributed by atoms with Crippen molar-refractivity contribution in [3.8, 4) is 0 Å². The molecule has 0 unspecified atom stereocenters. The molecule has 1 aliphatic heterocycles. The molecule has 0 atom stereocenters. The van der Waals surface area contributed by atoms with Gasteiger partial charge in [-0.3, -0.25) is 4.79 Å². The molecule has 2 heterocycles.